The molecule has 0 saturated heterocycles. The normalized spacial score (nSPS) is 14.8. The maximum absolute atomic E-state index is 6.20. The lowest BCUT2D eigenvalue weighted by Gasteiger charge is -2.23. The fourth-order valence-electron chi connectivity index (χ4n) is 2.28. The summed E-state index contributed by atoms with van der Waals surface area (Å²) in [5.74, 6) is 0. The lowest BCUT2D eigenvalue weighted by Crippen LogP contribution is -2.31. The summed E-state index contributed by atoms with van der Waals surface area (Å²) in [6.07, 6.45) is 0. The van der Waals surface area contributed by atoms with Gasteiger partial charge in [-0.25, -0.2) is 0 Å². The minimum Gasteiger partial charge on any atom is -0.326 e. The predicted octanol–water partition coefficient (Wildman–Crippen LogP) is 3.11. The molecule has 2 atom stereocenters. The Hall–Kier alpha value is -1.13. The smallest absolute Gasteiger partial charge is 0.101 e. The average Bonchev–Trinajstić information content (AvgIpc) is 2.81. The molecule has 0 aliphatic carbocycles. The van der Waals surface area contributed by atoms with Crippen LogP contribution in [-0.4, -0.2) is 15.8 Å². The van der Waals surface area contributed by atoms with Crippen LogP contribution in [0.2, 0.25) is 0 Å². The van der Waals surface area contributed by atoms with Crippen LogP contribution >= 0.6 is 11.3 Å². The van der Waals surface area contributed by atoms with Crippen LogP contribution in [0.1, 0.15) is 40.4 Å². The molecule has 2 rings (SSSR count). The molecule has 18 heavy (non-hydrogen) atoms. The highest BCUT2D eigenvalue weighted by molar-refractivity contribution is 7.10. The van der Waals surface area contributed by atoms with Crippen molar-refractivity contribution in [3.63, 3.8) is 0 Å². The van der Waals surface area contributed by atoms with Crippen molar-refractivity contribution in [3.05, 3.63) is 38.8 Å². The molecule has 2 unspecified atom stereocenters. The van der Waals surface area contributed by atoms with Crippen LogP contribution in [0, 0.1) is 27.7 Å². The molecule has 4 heteroatoms. The largest absolute Gasteiger partial charge is 0.326 e. The molecule has 0 amide bonds. The number of hydrogen-bond acceptors (Lipinski definition) is 3. The van der Waals surface area contributed by atoms with Crippen LogP contribution in [0.4, 0.5) is 0 Å². The molecule has 0 spiro atoms. The lowest BCUT2D eigenvalue weighted by molar-refractivity contribution is 0.448. The Balaban J connectivity index is 2.56. The van der Waals surface area contributed by atoms with E-state index in [0.717, 1.165) is 5.69 Å². The van der Waals surface area contributed by atoms with Gasteiger partial charge < -0.3 is 5.73 Å². The number of aryl methyl sites for hydroxylation is 2. The lowest BCUT2D eigenvalue weighted by atomic mass is 10.1. The molecular formula is C14H21N3S. The third kappa shape index (κ3) is 2.10. The van der Waals surface area contributed by atoms with E-state index in [-0.39, 0.29) is 12.1 Å². The summed E-state index contributed by atoms with van der Waals surface area (Å²) in [7, 11) is 0. The molecule has 2 aromatic rings. The standard InChI is InChI=1S/C14H21N3S/c1-8-6-7-18-14(8)13(10(3)15)17-12(5)9(2)11(4)16-17/h6-7,10,13H,15H2,1-5H3. The van der Waals surface area contributed by atoms with Crippen molar-refractivity contribution in [2.45, 2.75) is 46.7 Å². The summed E-state index contributed by atoms with van der Waals surface area (Å²) in [5, 5.41) is 6.80. The maximum Gasteiger partial charge on any atom is 0.101 e. The van der Waals surface area contributed by atoms with Gasteiger partial charge in [0.2, 0.25) is 0 Å². The Kier molecular flexibility index (Phi) is 3.59. The summed E-state index contributed by atoms with van der Waals surface area (Å²) in [4.78, 5) is 1.32. The van der Waals surface area contributed by atoms with Crippen molar-refractivity contribution in [1.29, 1.82) is 0 Å². The van der Waals surface area contributed by atoms with Gasteiger partial charge in [-0.2, -0.15) is 5.10 Å². The predicted molar refractivity (Wildman–Crippen MR) is 77.3 cm³/mol. The third-order valence-electron chi connectivity index (χ3n) is 3.62. The Morgan fingerprint density at radius 2 is 1.94 bits per heavy atom. The number of nitrogens with zero attached hydrogens (tertiary/aromatic N) is 2. The summed E-state index contributed by atoms with van der Waals surface area (Å²) in [6, 6.07) is 2.32. The quantitative estimate of drug-likeness (QED) is 0.924. The van der Waals surface area contributed by atoms with Crippen LogP contribution in [0.25, 0.3) is 0 Å². The monoisotopic (exact) mass is 263 g/mol. The van der Waals surface area contributed by atoms with Gasteiger partial charge in [-0.15, -0.1) is 11.3 Å². The summed E-state index contributed by atoms with van der Waals surface area (Å²) >= 11 is 1.76. The van der Waals surface area contributed by atoms with E-state index in [4.69, 9.17) is 5.73 Å². The average molecular weight is 263 g/mol. The molecule has 0 aliphatic rings. The summed E-state index contributed by atoms with van der Waals surface area (Å²) < 4.78 is 2.09. The van der Waals surface area contributed by atoms with Crippen LogP contribution in [0.5, 0.6) is 0 Å². The maximum atomic E-state index is 6.20. The first-order valence-corrected chi connectivity index (χ1v) is 7.13. The summed E-state index contributed by atoms with van der Waals surface area (Å²) in [5.41, 5.74) is 11.1. The minimum absolute atomic E-state index is 0.0414. The highest BCUT2D eigenvalue weighted by Crippen LogP contribution is 2.30. The van der Waals surface area contributed by atoms with Gasteiger partial charge in [-0.1, -0.05) is 0 Å². The molecule has 3 nitrogen and oxygen atoms in total. The minimum atomic E-state index is 0.0414. The second kappa shape index (κ2) is 4.86. The van der Waals surface area contributed by atoms with Gasteiger partial charge in [-0.05, 0) is 57.2 Å². The Morgan fingerprint density at radius 3 is 2.33 bits per heavy atom. The van der Waals surface area contributed by atoms with E-state index in [1.54, 1.807) is 11.3 Å². The van der Waals surface area contributed by atoms with Crippen molar-refractivity contribution in [3.8, 4) is 0 Å². The molecule has 0 bridgehead atoms. The van der Waals surface area contributed by atoms with E-state index in [1.165, 1.54) is 21.7 Å². The molecule has 2 aromatic heterocycles. The molecule has 0 saturated carbocycles. The Morgan fingerprint density at radius 1 is 1.28 bits per heavy atom. The van der Waals surface area contributed by atoms with E-state index in [0.29, 0.717) is 0 Å². The van der Waals surface area contributed by atoms with Crippen LogP contribution in [-0.2, 0) is 0 Å². The zero-order chi connectivity index (χ0) is 13.4. The fourth-order valence-corrected chi connectivity index (χ4v) is 3.40. The van der Waals surface area contributed by atoms with E-state index in [9.17, 15) is 0 Å². The number of thiophene rings is 1. The molecule has 98 valence electrons. The van der Waals surface area contributed by atoms with Gasteiger partial charge in [0.05, 0.1) is 5.69 Å². The first kappa shape index (κ1) is 13.3. The number of nitrogens with two attached hydrogens (primary N) is 1. The van der Waals surface area contributed by atoms with Gasteiger partial charge in [0, 0.05) is 16.6 Å². The highest BCUT2D eigenvalue weighted by Gasteiger charge is 2.24. The Labute approximate surface area is 113 Å². The van der Waals surface area contributed by atoms with E-state index < -0.39 is 0 Å². The van der Waals surface area contributed by atoms with E-state index >= 15 is 0 Å². The number of aromatic nitrogens is 2. The van der Waals surface area contributed by atoms with Crippen molar-refractivity contribution in [1.82, 2.24) is 9.78 Å². The van der Waals surface area contributed by atoms with Crippen LogP contribution in [0.3, 0.4) is 0 Å². The zero-order valence-corrected chi connectivity index (χ0v) is 12.5. The van der Waals surface area contributed by atoms with Crippen molar-refractivity contribution < 1.29 is 0 Å². The molecule has 2 N–H and O–H groups in total. The third-order valence-corrected chi connectivity index (χ3v) is 4.71. The highest BCUT2D eigenvalue weighted by atomic mass is 32.1. The molecule has 0 fully saturated rings. The van der Waals surface area contributed by atoms with E-state index in [1.807, 2.05) is 0 Å². The molecular weight excluding hydrogens is 242 g/mol. The van der Waals surface area contributed by atoms with Crippen LogP contribution in [0.15, 0.2) is 11.4 Å². The van der Waals surface area contributed by atoms with Crippen molar-refractivity contribution in [2.75, 3.05) is 0 Å². The van der Waals surface area contributed by atoms with Gasteiger partial charge in [-0.3, -0.25) is 4.68 Å². The van der Waals surface area contributed by atoms with Gasteiger partial charge in [0.15, 0.2) is 0 Å². The number of hydrogen-bond donors (Lipinski definition) is 1. The van der Waals surface area contributed by atoms with Gasteiger partial charge in [0.1, 0.15) is 6.04 Å². The first-order valence-electron chi connectivity index (χ1n) is 6.25. The second-order valence-electron chi connectivity index (χ2n) is 5.01. The molecule has 0 aromatic carbocycles. The topological polar surface area (TPSA) is 43.8 Å². The number of rotatable bonds is 3. The Bertz CT molecular complexity index is 551. The summed E-state index contributed by atoms with van der Waals surface area (Å²) in [6.45, 7) is 10.5. The fraction of sp³-hybridized carbons (Fsp3) is 0.500. The SMILES string of the molecule is Cc1ccsc1C(C(C)N)n1nc(C)c(C)c1C. The van der Waals surface area contributed by atoms with Gasteiger partial charge in [0.25, 0.3) is 0 Å². The molecule has 2 heterocycles. The van der Waals surface area contributed by atoms with Crippen molar-refractivity contribution >= 4 is 11.3 Å². The first-order chi connectivity index (χ1) is 8.43. The van der Waals surface area contributed by atoms with Crippen LogP contribution < -0.4 is 5.73 Å². The van der Waals surface area contributed by atoms with Crippen molar-refractivity contribution in [2.24, 2.45) is 5.73 Å². The van der Waals surface area contributed by atoms with Gasteiger partial charge >= 0.3 is 0 Å². The van der Waals surface area contributed by atoms with E-state index in [2.05, 4.69) is 55.8 Å². The molecule has 0 aliphatic heterocycles. The molecule has 0 radical (unpaired) electrons. The second-order valence-corrected chi connectivity index (χ2v) is 5.96. The zero-order valence-electron chi connectivity index (χ0n) is 11.7.